The van der Waals surface area contributed by atoms with E-state index in [0.717, 1.165) is 73.0 Å². The zero-order valence-electron chi connectivity index (χ0n) is 35.2. The van der Waals surface area contributed by atoms with E-state index in [1.165, 1.54) is 32.6 Å². The monoisotopic (exact) mass is 833 g/mol. The van der Waals surface area contributed by atoms with Crippen molar-refractivity contribution >= 4 is 99.9 Å². The van der Waals surface area contributed by atoms with Crippen LogP contribution in [0.15, 0.2) is 241 Å². The summed E-state index contributed by atoms with van der Waals surface area (Å²) in [6.45, 7) is 0. The van der Waals surface area contributed by atoms with Gasteiger partial charge in [0.25, 0.3) is 0 Å². The summed E-state index contributed by atoms with van der Waals surface area (Å²) in [5.41, 5.74) is 13.3. The van der Waals surface area contributed by atoms with Crippen LogP contribution in [0.1, 0.15) is 0 Å². The van der Waals surface area contributed by atoms with E-state index in [0.29, 0.717) is 5.71 Å². The Kier molecular flexibility index (Phi) is 8.42. The van der Waals surface area contributed by atoms with Crippen molar-refractivity contribution in [1.82, 2.24) is 14.1 Å². The van der Waals surface area contributed by atoms with Crippen molar-refractivity contribution in [3.05, 3.63) is 237 Å². The van der Waals surface area contributed by atoms with Crippen LogP contribution < -0.4 is 9.80 Å². The second-order valence-corrected chi connectivity index (χ2v) is 16.4. The average molecular weight is 834 g/mol. The summed E-state index contributed by atoms with van der Waals surface area (Å²) < 4.78 is 11.5. The number of anilines is 6. The van der Waals surface area contributed by atoms with Gasteiger partial charge in [0, 0.05) is 78.2 Å². The van der Waals surface area contributed by atoms with Crippen molar-refractivity contribution in [3.63, 3.8) is 0 Å². The van der Waals surface area contributed by atoms with Crippen molar-refractivity contribution in [2.45, 2.75) is 0 Å². The van der Waals surface area contributed by atoms with Gasteiger partial charge in [-0.25, -0.2) is 0 Å². The third-order valence-corrected chi connectivity index (χ3v) is 12.7. The lowest BCUT2D eigenvalue weighted by Crippen LogP contribution is -2.11. The van der Waals surface area contributed by atoms with Crippen LogP contribution in [0.2, 0.25) is 0 Å². The quantitative estimate of drug-likeness (QED) is 0.153. The Morgan fingerprint density at radius 2 is 0.723 bits per heavy atom. The van der Waals surface area contributed by atoms with Gasteiger partial charge in [0.1, 0.15) is 11.4 Å². The van der Waals surface area contributed by atoms with Crippen molar-refractivity contribution in [2.24, 2.45) is 0 Å². The van der Waals surface area contributed by atoms with Gasteiger partial charge in [-0.05, 0) is 109 Å². The molecular formula is C59H39N5O. The standard InChI is InChI=1S/C59H39N5O/c1-5-17-40(18-6-1)61(44-29-32-49-47-25-13-15-27-53(47)63(55(49)37-44)42-21-9-3-10-22-42)46-31-34-51-52-35-36-58(60-59(52)65-57(51)39-46)62(41-19-7-2-8-20-41)45-30-33-50-48-26-14-16-28-54(48)64(56(50)38-45)43-23-11-4-12-24-43/h1-39H. The summed E-state index contributed by atoms with van der Waals surface area (Å²) in [4.78, 5) is 9.81. The molecule has 0 unspecified atom stereocenters. The lowest BCUT2D eigenvalue weighted by atomic mass is 10.1. The van der Waals surface area contributed by atoms with Gasteiger partial charge in [0.15, 0.2) is 0 Å². The third-order valence-electron chi connectivity index (χ3n) is 12.7. The lowest BCUT2D eigenvalue weighted by molar-refractivity contribution is 0.654. The first-order valence-corrected chi connectivity index (χ1v) is 22.0. The number of furan rings is 1. The molecule has 0 aliphatic rings. The minimum Gasteiger partial charge on any atom is -0.438 e. The Hall–Kier alpha value is -8.87. The van der Waals surface area contributed by atoms with E-state index >= 15 is 0 Å². The predicted octanol–water partition coefficient (Wildman–Crippen LogP) is 16.1. The molecule has 4 heterocycles. The average Bonchev–Trinajstić information content (AvgIpc) is 4.02. The van der Waals surface area contributed by atoms with Crippen molar-refractivity contribution in [1.29, 1.82) is 0 Å². The summed E-state index contributed by atoms with van der Waals surface area (Å²) >= 11 is 0. The summed E-state index contributed by atoms with van der Waals surface area (Å²) in [7, 11) is 0. The molecule has 4 aromatic heterocycles. The molecule has 0 aliphatic heterocycles. The van der Waals surface area contributed by atoms with Gasteiger partial charge in [-0.3, -0.25) is 4.90 Å². The number of aromatic nitrogens is 3. The molecule has 13 aromatic rings. The van der Waals surface area contributed by atoms with Crippen LogP contribution in [0.5, 0.6) is 0 Å². The van der Waals surface area contributed by atoms with Crippen molar-refractivity contribution in [2.75, 3.05) is 9.80 Å². The molecule has 9 aromatic carbocycles. The Bertz CT molecular complexity index is 3640. The zero-order chi connectivity index (χ0) is 42.8. The second kappa shape index (κ2) is 14.9. The van der Waals surface area contributed by atoms with Gasteiger partial charge in [0.05, 0.1) is 22.1 Å². The van der Waals surface area contributed by atoms with Crippen molar-refractivity contribution in [3.8, 4) is 11.4 Å². The van der Waals surface area contributed by atoms with Gasteiger partial charge in [-0.2, -0.15) is 4.98 Å². The van der Waals surface area contributed by atoms with Crippen molar-refractivity contribution < 1.29 is 4.42 Å². The molecule has 6 heteroatoms. The number of fused-ring (bicyclic) bond motifs is 9. The highest BCUT2D eigenvalue weighted by Crippen LogP contribution is 2.43. The largest absolute Gasteiger partial charge is 0.438 e. The van der Waals surface area contributed by atoms with Crippen LogP contribution in [-0.2, 0) is 0 Å². The number of para-hydroxylation sites is 6. The van der Waals surface area contributed by atoms with Crippen LogP contribution in [0.25, 0.3) is 77.1 Å². The molecule has 13 rings (SSSR count). The fraction of sp³-hybridized carbons (Fsp3) is 0. The number of pyridine rings is 1. The molecule has 0 saturated heterocycles. The summed E-state index contributed by atoms with van der Waals surface area (Å²) in [6, 6.07) is 83.7. The lowest BCUT2D eigenvalue weighted by Gasteiger charge is -2.25. The zero-order valence-corrected chi connectivity index (χ0v) is 35.2. The maximum atomic E-state index is 6.78. The molecule has 6 nitrogen and oxygen atoms in total. The van der Waals surface area contributed by atoms with Gasteiger partial charge in [0.2, 0.25) is 5.71 Å². The fourth-order valence-corrected chi connectivity index (χ4v) is 9.82. The molecular weight excluding hydrogens is 795 g/mol. The molecule has 65 heavy (non-hydrogen) atoms. The topological polar surface area (TPSA) is 42.4 Å². The molecule has 0 atom stereocenters. The molecule has 0 saturated carbocycles. The number of hydrogen-bond acceptors (Lipinski definition) is 4. The third kappa shape index (κ3) is 5.99. The van der Waals surface area contributed by atoms with Crippen LogP contribution in [0.3, 0.4) is 0 Å². The van der Waals surface area contributed by atoms with E-state index in [4.69, 9.17) is 9.40 Å². The van der Waals surface area contributed by atoms with Gasteiger partial charge in [-0.15, -0.1) is 0 Å². The van der Waals surface area contributed by atoms with Crippen LogP contribution in [-0.4, -0.2) is 14.1 Å². The fourth-order valence-electron chi connectivity index (χ4n) is 9.82. The molecule has 0 N–H and O–H groups in total. The molecule has 0 amide bonds. The highest BCUT2D eigenvalue weighted by atomic mass is 16.3. The smallest absolute Gasteiger partial charge is 0.229 e. The summed E-state index contributed by atoms with van der Waals surface area (Å²) in [6.07, 6.45) is 0. The summed E-state index contributed by atoms with van der Waals surface area (Å²) in [5, 5.41) is 6.81. The van der Waals surface area contributed by atoms with Crippen LogP contribution >= 0.6 is 0 Å². The maximum absolute atomic E-state index is 6.78. The molecule has 0 radical (unpaired) electrons. The first-order chi connectivity index (χ1) is 32.2. The summed E-state index contributed by atoms with van der Waals surface area (Å²) in [5.74, 6) is 0.762. The van der Waals surface area contributed by atoms with Gasteiger partial charge in [-0.1, -0.05) is 121 Å². The molecule has 306 valence electrons. The Morgan fingerprint density at radius 1 is 0.308 bits per heavy atom. The van der Waals surface area contributed by atoms with E-state index < -0.39 is 0 Å². The first-order valence-electron chi connectivity index (χ1n) is 22.0. The normalized spacial score (nSPS) is 11.7. The SMILES string of the molecule is c1ccc(N(c2ccc3c(c2)oc2nc(N(c4ccccc4)c4ccc5c6ccccc6n(-c6ccccc6)c5c4)ccc23)c2ccc3c4ccccc4n(-c4ccccc4)c3c2)cc1. The van der Waals surface area contributed by atoms with E-state index in [2.05, 4.69) is 249 Å². The number of hydrogen-bond donors (Lipinski definition) is 0. The van der Waals surface area contributed by atoms with E-state index in [1.807, 2.05) is 6.07 Å². The number of nitrogens with zero attached hydrogens (tertiary/aromatic N) is 5. The maximum Gasteiger partial charge on any atom is 0.229 e. The Morgan fingerprint density at radius 3 is 1.28 bits per heavy atom. The van der Waals surface area contributed by atoms with Crippen LogP contribution in [0, 0.1) is 0 Å². The van der Waals surface area contributed by atoms with E-state index in [1.54, 1.807) is 0 Å². The Labute approximate surface area is 374 Å². The molecule has 0 spiro atoms. The minimum absolute atomic E-state index is 0.579. The highest BCUT2D eigenvalue weighted by molar-refractivity contribution is 6.12. The number of benzene rings is 9. The Balaban J connectivity index is 0.949. The molecule has 0 fully saturated rings. The van der Waals surface area contributed by atoms with Crippen LogP contribution in [0.4, 0.5) is 34.3 Å². The highest BCUT2D eigenvalue weighted by Gasteiger charge is 2.22. The minimum atomic E-state index is 0.579. The second-order valence-electron chi connectivity index (χ2n) is 16.4. The molecule has 0 bridgehead atoms. The van der Waals surface area contributed by atoms with Gasteiger partial charge >= 0.3 is 0 Å². The predicted molar refractivity (Wildman–Crippen MR) is 270 cm³/mol. The van der Waals surface area contributed by atoms with E-state index in [-0.39, 0.29) is 0 Å². The molecule has 0 aliphatic carbocycles. The van der Waals surface area contributed by atoms with Gasteiger partial charge < -0.3 is 18.5 Å². The number of rotatable bonds is 8. The van der Waals surface area contributed by atoms with E-state index in [9.17, 15) is 0 Å². The first kappa shape index (κ1) is 36.8.